The summed E-state index contributed by atoms with van der Waals surface area (Å²) in [5, 5.41) is 6.32. The fourth-order valence-corrected chi connectivity index (χ4v) is 5.43. The van der Waals surface area contributed by atoms with Gasteiger partial charge in [0.15, 0.2) is 0 Å². The number of urea groups is 1. The number of rotatable bonds is 7. The van der Waals surface area contributed by atoms with Crippen LogP contribution in [0.2, 0.25) is 0 Å². The van der Waals surface area contributed by atoms with Crippen LogP contribution in [0.4, 0.5) is 10.5 Å². The third-order valence-electron chi connectivity index (χ3n) is 6.27. The summed E-state index contributed by atoms with van der Waals surface area (Å²) in [4.78, 5) is 16.8. The fourth-order valence-electron chi connectivity index (χ4n) is 4.50. The molecule has 0 saturated carbocycles. The maximum absolute atomic E-state index is 12.3. The first kappa shape index (κ1) is 24.8. The van der Waals surface area contributed by atoms with E-state index in [1.54, 1.807) is 12.1 Å². The monoisotopic (exact) mass is 495 g/mol. The highest BCUT2D eigenvalue weighted by Crippen LogP contribution is 2.34. The van der Waals surface area contributed by atoms with Gasteiger partial charge < -0.3 is 15.1 Å². The summed E-state index contributed by atoms with van der Waals surface area (Å²) in [6.45, 7) is 6.47. The molecule has 2 aliphatic rings. The number of likely N-dealkylation sites (N-methyl/N-ethyl adjacent to an activating group) is 1. The van der Waals surface area contributed by atoms with Gasteiger partial charge in [-0.1, -0.05) is 36.8 Å². The first-order valence-corrected chi connectivity index (χ1v) is 13.3. The van der Waals surface area contributed by atoms with Crippen LogP contribution in [0.25, 0.3) is 0 Å². The Morgan fingerprint density at radius 1 is 1.06 bits per heavy atom. The molecule has 0 aliphatic carbocycles. The first-order chi connectivity index (χ1) is 16.7. The van der Waals surface area contributed by atoms with Gasteiger partial charge in [0.1, 0.15) is 6.17 Å². The van der Waals surface area contributed by atoms with Crippen LogP contribution in [0.5, 0.6) is 0 Å². The number of carbonyl (C=O) groups is 1. The highest BCUT2D eigenvalue weighted by molar-refractivity contribution is 7.90. The van der Waals surface area contributed by atoms with E-state index in [-0.39, 0.29) is 17.2 Å². The molecule has 2 heterocycles. The van der Waals surface area contributed by atoms with E-state index in [1.165, 1.54) is 23.4 Å². The van der Waals surface area contributed by atoms with Crippen LogP contribution in [0.15, 0.2) is 77.0 Å². The first-order valence-electron chi connectivity index (χ1n) is 11.8. The second kappa shape index (κ2) is 10.1. The van der Waals surface area contributed by atoms with E-state index in [0.29, 0.717) is 13.0 Å². The van der Waals surface area contributed by atoms with Crippen LogP contribution in [-0.4, -0.2) is 45.3 Å². The topological polar surface area (TPSA) is 93.8 Å². The van der Waals surface area contributed by atoms with Crippen molar-refractivity contribution in [3.8, 4) is 0 Å². The van der Waals surface area contributed by atoms with Crippen LogP contribution in [0.1, 0.15) is 31.4 Å². The van der Waals surface area contributed by atoms with Gasteiger partial charge in [-0.15, -0.1) is 0 Å². The summed E-state index contributed by atoms with van der Waals surface area (Å²) >= 11 is 0. The average Bonchev–Trinajstić information content (AvgIpc) is 3.18. The lowest BCUT2D eigenvalue weighted by atomic mass is 10.1. The highest BCUT2D eigenvalue weighted by atomic mass is 32.2. The van der Waals surface area contributed by atoms with E-state index in [0.717, 1.165) is 23.2 Å². The molecule has 8 nitrogen and oxygen atoms in total. The standard InChI is InChI=1S/C26H33N5O3S/c1-5-24-28-25-23(16-19(3)17-30(25)4)31(24)21-10-8-20(9-11-21)14-15-27-26(32)29-35(33,34)22-12-6-18(2)7-13-22/h6-13,16-17,24-25,28H,5,14-15H2,1-4H3,(H2,27,29,32). The number of benzene rings is 2. The number of allylic oxidation sites excluding steroid dienone is 2. The third kappa shape index (κ3) is 5.52. The normalized spacial score (nSPS) is 19.7. The fraction of sp³-hybridized carbons (Fsp3) is 0.346. The molecular formula is C26H33N5O3S. The Hall–Kier alpha value is -3.30. The Kier molecular flexibility index (Phi) is 7.18. The zero-order chi connectivity index (χ0) is 25.2. The minimum atomic E-state index is -3.90. The number of hydrogen-bond donors (Lipinski definition) is 3. The van der Waals surface area contributed by atoms with Crippen molar-refractivity contribution in [2.24, 2.45) is 0 Å². The van der Waals surface area contributed by atoms with Gasteiger partial charge in [-0.3, -0.25) is 5.32 Å². The largest absolute Gasteiger partial charge is 0.360 e. The molecule has 4 rings (SSSR count). The van der Waals surface area contributed by atoms with Crippen molar-refractivity contribution in [3.63, 3.8) is 0 Å². The molecule has 0 radical (unpaired) electrons. The van der Waals surface area contributed by atoms with Crippen molar-refractivity contribution in [3.05, 3.63) is 83.2 Å². The van der Waals surface area contributed by atoms with Crippen LogP contribution in [0, 0.1) is 6.92 Å². The Morgan fingerprint density at radius 3 is 2.40 bits per heavy atom. The van der Waals surface area contributed by atoms with Gasteiger partial charge in [0, 0.05) is 25.5 Å². The molecular weight excluding hydrogens is 462 g/mol. The number of nitrogens with zero attached hydrogens (tertiary/aromatic N) is 2. The minimum absolute atomic E-state index is 0.0582. The van der Waals surface area contributed by atoms with Crippen LogP contribution >= 0.6 is 0 Å². The predicted octanol–water partition coefficient (Wildman–Crippen LogP) is 3.43. The minimum Gasteiger partial charge on any atom is -0.360 e. The Bertz CT molecular complexity index is 1240. The second-order valence-corrected chi connectivity index (χ2v) is 10.7. The molecule has 0 spiro atoms. The van der Waals surface area contributed by atoms with E-state index in [9.17, 15) is 13.2 Å². The van der Waals surface area contributed by atoms with Crippen molar-refractivity contribution in [2.75, 3.05) is 18.5 Å². The predicted molar refractivity (Wildman–Crippen MR) is 138 cm³/mol. The van der Waals surface area contributed by atoms with E-state index in [1.807, 2.05) is 19.1 Å². The van der Waals surface area contributed by atoms with Gasteiger partial charge in [-0.05, 0) is 68.2 Å². The molecule has 2 amide bonds. The van der Waals surface area contributed by atoms with Crippen LogP contribution in [0.3, 0.4) is 0 Å². The molecule has 0 bridgehead atoms. The molecule has 3 N–H and O–H groups in total. The molecule has 2 aromatic rings. The number of hydrogen-bond acceptors (Lipinski definition) is 6. The Balaban J connectivity index is 1.34. The smallest absolute Gasteiger partial charge is 0.328 e. The van der Waals surface area contributed by atoms with E-state index in [4.69, 9.17) is 0 Å². The number of sulfonamides is 1. The molecule has 1 fully saturated rings. The summed E-state index contributed by atoms with van der Waals surface area (Å²) in [6, 6.07) is 13.9. The van der Waals surface area contributed by atoms with Crippen molar-refractivity contribution >= 4 is 21.7 Å². The zero-order valence-electron chi connectivity index (χ0n) is 20.6. The molecule has 35 heavy (non-hydrogen) atoms. The van der Waals surface area contributed by atoms with E-state index < -0.39 is 16.1 Å². The molecule has 186 valence electrons. The van der Waals surface area contributed by atoms with Gasteiger partial charge in [0.25, 0.3) is 10.0 Å². The summed E-state index contributed by atoms with van der Waals surface area (Å²) in [5.41, 5.74) is 5.56. The second-order valence-electron chi connectivity index (χ2n) is 9.06. The highest BCUT2D eigenvalue weighted by Gasteiger charge is 2.38. The SMILES string of the molecule is CCC1NC2C(=CC(C)=CN2C)N1c1ccc(CCNC(=O)NS(=O)(=O)c2ccc(C)cc2)cc1. The molecule has 2 unspecified atom stereocenters. The van der Waals surface area contributed by atoms with Gasteiger partial charge in [-0.2, -0.15) is 0 Å². The number of amides is 2. The summed E-state index contributed by atoms with van der Waals surface area (Å²) in [5.74, 6) is 0. The molecule has 0 aromatic heterocycles. The summed E-state index contributed by atoms with van der Waals surface area (Å²) in [6.07, 6.45) is 6.29. The lowest BCUT2D eigenvalue weighted by molar-refractivity contribution is 0.246. The van der Waals surface area contributed by atoms with Crippen LogP contribution in [-0.2, 0) is 16.4 Å². The Morgan fingerprint density at radius 2 is 1.74 bits per heavy atom. The van der Waals surface area contributed by atoms with Crippen molar-refractivity contribution in [1.29, 1.82) is 0 Å². The molecule has 2 atom stereocenters. The van der Waals surface area contributed by atoms with Crippen molar-refractivity contribution < 1.29 is 13.2 Å². The van der Waals surface area contributed by atoms with Crippen molar-refractivity contribution in [2.45, 2.75) is 50.8 Å². The van der Waals surface area contributed by atoms with Crippen molar-refractivity contribution in [1.82, 2.24) is 20.3 Å². The lowest BCUT2D eigenvalue weighted by Crippen LogP contribution is -2.41. The quantitative estimate of drug-likeness (QED) is 0.545. The van der Waals surface area contributed by atoms with Gasteiger partial charge in [0.2, 0.25) is 0 Å². The van der Waals surface area contributed by atoms with Gasteiger partial charge >= 0.3 is 6.03 Å². The molecule has 9 heteroatoms. The zero-order valence-corrected chi connectivity index (χ0v) is 21.4. The maximum atomic E-state index is 12.3. The lowest BCUT2D eigenvalue weighted by Gasteiger charge is -2.31. The molecule has 2 aromatic carbocycles. The molecule has 1 saturated heterocycles. The van der Waals surface area contributed by atoms with Crippen LogP contribution < -0.4 is 20.3 Å². The average molecular weight is 496 g/mol. The number of nitrogens with one attached hydrogen (secondary N) is 3. The van der Waals surface area contributed by atoms with E-state index >= 15 is 0 Å². The maximum Gasteiger partial charge on any atom is 0.328 e. The summed E-state index contributed by atoms with van der Waals surface area (Å²) < 4.78 is 26.8. The molecule has 2 aliphatic heterocycles. The van der Waals surface area contributed by atoms with E-state index in [2.05, 4.69) is 70.5 Å². The number of fused-ring (bicyclic) bond motifs is 1. The summed E-state index contributed by atoms with van der Waals surface area (Å²) in [7, 11) is -1.81. The van der Waals surface area contributed by atoms with Gasteiger partial charge in [0.05, 0.1) is 16.8 Å². The number of carbonyl (C=O) groups excluding carboxylic acids is 1. The van der Waals surface area contributed by atoms with Gasteiger partial charge in [-0.25, -0.2) is 17.9 Å². The number of aryl methyl sites for hydroxylation is 1. The third-order valence-corrected chi connectivity index (χ3v) is 7.62. The Labute approximate surface area is 207 Å². The number of anilines is 1.